The lowest BCUT2D eigenvalue weighted by Crippen LogP contribution is -2.20. The Hall–Kier alpha value is -0.870. The van der Waals surface area contributed by atoms with Crippen LogP contribution in [0.3, 0.4) is 0 Å². The number of nitrogens with zero attached hydrogens (tertiary/aromatic N) is 1. The van der Waals surface area contributed by atoms with Crippen LogP contribution in [0.5, 0.6) is 0 Å². The molecule has 0 aliphatic rings. The van der Waals surface area contributed by atoms with Crippen molar-refractivity contribution >= 4 is 0 Å². The molecule has 1 rings (SSSR count). The van der Waals surface area contributed by atoms with E-state index >= 15 is 0 Å². The van der Waals surface area contributed by atoms with Crippen LogP contribution >= 0.6 is 0 Å². The zero-order valence-corrected chi connectivity index (χ0v) is 9.80. The minimum Gasteiger partial charge on any atom is -0.396 e. The van der Waals surface area contributed by atoms with Gasteiger partial charge >= 0.3 is 0 Å². The summed E-state index contributed by atoms with van der Waals surface area (Å²) in [5, 5.41) is 19.1. The van der Waals surface area contributed by atoms with Gasteiger partial charge in [-0.1, -0.05) is 20.8 Å². The number of aliphatic hydroxyl groups is 1. The molecule has 0 bridgehead atoms. The quantitative estimate of drug-likeness (QED) is 0.641. The zero-order valence-electron chi connectivity index (χ0n) is 9.80. The first-order chi connectivity index (χ1) is 7.05. The molecular formula is C11H21N3O. The van der Waals surface area contributed by atoms with E-state index in [1.807, 2.05) is 6.20 Å². The van der Waals surface area contributed by atoms with Crippen molar-refractivity contribution in [3.05, 3.63) is 17.5 Å². The van der Waals surface area contributed by atoms with Gasteiger partial charge in [-0.2, -0.15) is 5.10 Å². The van der Waals surface area contributed by atoms with Crippen LogP contribution in [-0.2, 0) is 12.0 Å². The molecule has 86 valence electrons. The second kappa shape index (κ2) is 5.28. The van der Waals surface area contributed by atoms with Crippen LogP contribution in [0.15, 0.2) is 6.20 Å². The van der Waals surface area contributed by atoms with Gasteiger partial charge in [-0.25, -0.2) is 0 Å². The fourth-order valence-electron chi connectivity index (χ4n) is 1.52. The predicted octanol–water partition coefficient (Wildman–Crippen LogP) is 1.18. The molecule has 0 aliphatic heterocycles. The number of hydrogen-bond acceptors (Lipinski definition) is 3. The van der Waals surface area contributed by atoms with Crippen LogP contribution in [-0.4, -0.2) is 28.5 Å². The van der Waals surface area contributed by atoms with E-state index < -0.39 is 0 Å². The lowest BCUT2D eigenvalue weighted by Gasteiger charge is -2.18. The SMILES string of the molecule is CC(C)(C)c1[nH]ncc1CNCCCO. The van der Waals surface area contributed by atoms with E-state index in [-0.39, 0.29) is 12.0 Å². The van der Waals surface area contributed by atoms with Gasteiger partial charge in [0.2, 0.25) is 0 Å². The molecule has 1 aromatic heterocycles. The molecule has 0 fully saturated rings. The molecule has 0 unspecified atom stereocenters. The molecule has 0 radical (unpaired) electrons. The number of nitrogens with one attached hydrogen (secondary N) is 2. The van der Waals surface area contributed by atoms with Crippen molar-refractivity contribution in [1.29, 1.82) is 0 Å². The molecule has 4 nitrogen and oxygen atoms in total. The van der Waals surface area contributed by atoms with E-state index in [4.69, 9.17) is 5.11 Å². The van der Waals surface area contributed by atoms with Crippen molar-refractivity contribution in [2.24, 2.45) is 0 Å². The lowest BCUT2D eigenvalue weighted by atomic mass is 9.89. The van der Waals surface area contributed by atoms with Crippen molar-refractivity contribution in [2.75, 3.05) is 13.2 Å². The molecule has 0 aliphatic carbocycles. The number of aromatic amines is 1. The fourth-order valence-corrected chi connectivity index (χ4v) is 1.52. The fraction of sp³-hybridized carbons (Fsp3) is 0.727. The van der Waals surface area contributed by atoms with E-state index in [2.05, 4.69) is 36.3 Å². The molecule has 0 spiro atoms. The second-order valence-electron chi connectivity index (χ2n) is 4.77. The Labute approximate surface area is 91.1 Å². The van der Waals surface area contributed by atoms with Crippen LogP contribution < -0.4 is 5.32 Å². The topological polar surface area (TPSA) is 60.9 Å². The molecule has 0 saturated carbocycles. The van der Waals surface area contributed by atoms with Gasteiger partial charge < -0.3 is 10.4 Å². The van der Waals surface area contributed by atoms with Crippen LogP contribution in [0.2, 0.25) is 0 Å². The molecule has 1 heterocycles. The summed E-state index contributed by atoms with van der Waals surface area (Å²) in [4.78, 5) is 0. The van der Waals surface area contributed by atoms with Crippen LogP contribution in [0.25, 0.3) is 0 Å². The summed E-state index contributed by atoms with van der Waals surface area (Å²) in [5.74, 6) is 0. The van der Waals surface area contributed by atoms with Crippen molar-refractivity contribution in [2.45, 2.75) is 39.2 Å². The lowest BCUT2D eigenvalue weighted by molar-refractivity contribution is 0.286. The van der Waals surface area contributed by atoms with Crippen molar-refractivity contribution in [1.82, 2.24) is 15.5 Å². The largest absolute Gasteiger partial charge is 0.396 e. The van der Waals surface area contributed by atoms with E-state index in [1.165, 1.54) is 11.3 Å². The highest BCUT2D eigenvalue weighted by atomic mass is 16.3. The molecule has 0 aromatic carbocycles. The van der Waals surface area contributed by atoms with Gasteiger partial charge in [0.25, 0.3) is 0 Å². The first kappa shape index (κ1) is 12.2. The smallest absolute Gasteiger partial charge is 0.0535 e. The first-order valence-corrected chi connectivity index (χ1v) is 5.40. The molecule has 0 amide bonds. The molecular weight excluding hydrogens is 190 g/mol. The van der Waals surface area contributed by atoms with Gasteiger partial charge in [-0.05, 0) is 13.0 Å². The number of rotatable bonds is 5. The Kier molecular flexibility index (Phi) is 4.29. The van der Waals surface area contributed by atoms with Gasteiger partial charge in [0.15, 0.2) is 0 Å². The molecule has 0 saturated heterocycles. The first-order valence-electron chi connectivity index (χ1n) is 5.40. The third-order valence-electron chi connectivity index (χ3n) is 2.29. The minimum atomic E-state index is 0.102. The standard InChI is InChI=1S/C11H21N3O/c1-11(2,3)10-9(8-13-14-10)7-12-5-4-6-15/h8,12,15H,4-7H2,1-3H3,(H,13,14). The Morgan fingerprint density at radius 1 is 1.47 bits per heavy atom. The maximum Gasteiger partial charge on any atom is 0.0535 e. The number of aliphatic hydroxyl groups excluding tert-OH is 1. The highest BCUT2D eigenvalue weighted by Crippen LogP contribution is 2.22. The summed E-state index contributed by atoms with van der Waals surface area (Å²) < 4.78 is 0. The third-order valence-corrected chi connectivity index (χ3v) is 2.29. The van der Waals surface area contributed by atoms with E-state index in [1.54, 1.807) is 0 Å². The van der Waals surface area contributed by atoms with Crippen LogP contribution in [0.1, 0.15) is 38.4 Å². The van der Waals surface area contributed by atoms with Crippen molar-refractivity contribution in [3.8, 4) is 0 Å². The van der Waals surface area contributed by atoms with Gasteiger partial charge in [0.05, 0.1) is 6.20 Å². The van der Waals surface area contributed by atoms with Gasteiger partial charge in [-0.3, -0.25) is 5.10 Å². The second-order valence-corrected chi connectivity index (χ2v) is 4.77. The van der Waals surface area contributed by atoms with Crippen molar-refractivity contribution < 1.29 is 5.11 Å². The highest BCUT2D eigenvalue weighted by Gasteiger charge is 2.19. The Balaban J connectivity index is 2.51. The van der Waals surface area contributed by atoms with Crippen molar-refractivity contribution in [3.63, 3.8) is 0 Å². The summed E-state index contributed by atoms with van der Waals surface area (Å²) in [6.07, 6.45) is 2.66. The normalized spacial score (nSPS) is 12.0. The van der Waals surface area contributed by atoms with E-state index in [0.717, 1.165) is 19.5 Å². The predicted molar refractivity (Wildman–Crippen MR) is 60.7 cm³/mol. The van der Waals surface area contributed by atoms with E-state index in [9.17, 15) is 0 Å². The summed E-state index contributed by atoms with van der Waals surface area (Å²) in [5.41, 5.74) is 2.49. The number of H-pyrrole nitrogens is 1. The monoisotopic (exact) mass is 211 g/mol. The Morgan fingerprint density at radius 3 is 2.80 bits per heavy atom. The third kappa shape index (κ3) is 3.64. The molecule has 15 heavy (non-hydrogen) atoms. The summed E-state index contributed by atoms with van der Waals surface area (Å²) in [6, 6.07) is 0. The van der Waals surface area contributed by atoms with Crippen LogP contribution in [0, 0.1) is 0 Å². The van der Waals surface area contributed by atoms with Gasteiger partial charge in [0, 0.05) is 29.8 Å². The maximum absolute atomic E-state index is 8.65. The molecule has 0 atom stereocenters. The summed E-state index contributed by atoms with van der Waals surface area (Å²) in [7, 11) is 0. The Morgan fingerprint density at radius 2 is 2.20 bits per heavy atom. The Bertz CT molecular complexity index is 288. The van der Waals surface area contributed by atoms with Crippen LogP contribution in [0.4, 0.5) is 0 Å². The maximum atomic E-state index is 8.65. The zero-order chi connectivity index (χ0) is 11.3. The number of hydrogen-bond donors (Lipinski definition) is 3. The average Bonchev–Trinajstić information content (AvgIpc) is 2.59. The van der Waals surface area contributed by atoms with Gasteiger partial charge in [-0.15, -0.1) is 0 Å². The van der Waals surface area contributed by atoms with Gasteiger partial charge in [0.1, 0.15) is 0 Å². The summed E-state index contributed by atoms with van der Waals surface area (Å²) >= 11 is 0. The molecule has 1 aromatic rings. The molecule has 3 N–H and O–H groups in total. The minimum absolute atomic E-state index is 0.102. The average molecular weight is 211 g/mol. The summed E-state index contributed by atoms with van der Waals surface area (Å²) in [6.45, 7) is 8.38. The number of aromatic nitrogens is 2. The van der Waals surface area contributed by atoms with E-state index in [0.29, 0.717) is 0 Å². The highest BCUT2D eigenvalue weighted by molar-refractivity contribution is 5.23. The molecule has 4 heteroatoms.